The van der Waals surface area contributed by atoms with Gasteiger partial charge < -0.3 is 10.5 Å². The van der Waals surface area contributed by atoms with Crippen molar-refractivity contribution in [2.45, 2.75) is 19.8 Å². The highest BCUT2D eigenvalue weighted by atomic mass is 35.5. The SMILES string of the molecule is CC(C)c1c(N)ncnc1Oc1ccc([N+](=O)[O-])c(Cl)c1. The lowest BCUT2D eigenvalue weighted by atomic mass is 10.1. The zero-order chi connectivity index (χ0) is 15.6. The highest BCUT2D eigenvalue weighted by molar-refractivity contribution is 6.32. The number of nitrogens with zero attached hydrogens (tertiary/aromatic N) is 3. The Kier molecular flexibility index (Phi) is 4.23. The van der Waals surface area contributed by atoms with Crippen LogP contribution in [0.3, 0.4) is 0 Å². The standard InChI is InChI=1S/C13H13ClN4O3/c1-7(2)11-12(15)16-6-17-13(11)21-8-3-4-10(18(19)20)9(14)5-8/h3-7H,1-2H3,(H2,15,16,17). The Morgan fingerprint density at radius 1 is 1.38 bits per heavy atom. The van der Waals surface area contributed by atoms with Gasteiger partial charge in [0.1, 0.15) is 22.9 Å². The largest absolute Gasteiger partial charge is 0.438 e. The quantitative estimate of drug-likeness (QED) is 0.684. The zero-order valence-electron chi connectivity index (χ0n) is 11.4. The Morgan fingerprint density at radius 2 is 2.10 bits per heavy atom. The third-order valence-electron chi connectivity index (χ3n) is 2.79. The fraction of sp³-hybridized carbons (Fsp3) is 0.231. The molecule has 0 aliphatic heterocycles. The number of hydrogen-bond acceptors (Lipinski definition) is 6. The molecule has 2 aromatic rings. The van der Waals surface area contributed by atoms with Crippen LogP contribution < -0.4 is 10.5 Å². The van der Waals surface area contributed by atoms with Crippen LogP contribution in [0.4, 0.5) is 11.5 Å². The van der Waals surface area contributed by atoms with E-state index in [1.165, 1.54) is 24.5 Å². The summed E-state index contributed by atoms with van der Waals surface area (Å²) in [7, 11) is 0. The molecule has 0 aliphatic rings. The predicted octanol–water partition coefficient (Wildman–Crippen LogP) is 3.54. The number of anilines is 1. The van der Waals surface area contributed by atoms with Gasteiger partial charge in [-0.15, -0.1) is 0 Å². The van der Waals surface area contributed by atoms with E-state index in [4.69, 9.17) is 22.1 Å². The van der Waals surface area contributed by atoms with Crippen molar-refractivity contribution in [1.29, 1.82) is 0 Å². The molecule has 0 fully saturated rings. The number of benzene rings is 1. The number of hydrogen-bond donors (Lipinski definition) is 1. The first-order chi connectivity index (χ1) is 9.90. The molecule has 0 aliphatic carbocycles. The molecule has 21 heavy (non-hydrogen) atoms. The number of nitro benzene ring substituents is 1. The topological polar surface area (TPSA) is 104 Å². The van der Waals surface area contributed by atoms with Crippen LogP contribution in [-0.4, -0.2) is 14.9 Å². The highest BCUT2D eigenvalue weighted by Gasteiger charge is 2.17. The van der Waals surface area contributed by atoms with Crippen molar-refractivity contribution >= 4 is 23.1 Å². The van der Waals surface area contributed by atoms with Crippen LogP contribution in [0.2, 0.25) is 5.02 Å². The Morgan fingerprint density at radius 3 is 2.67 bits per heavy atom. The maximum atomic E-state index is 10.7. The van der Waals surface area contributed by atoms with Crippen LogP contribution in [-0.2, 0) is 0 Å². The van der Waals surface area contributed by atoms with E-state index < -0.39 is 4.92 Å². The summed E-state index contributed by atoms with van der Waals surface area (Å²) in [6.07, 6.45) is 1.30. The van der Waals surface area contributed by atoms with E-state index in [0.717, 1.165) is 0 Å². The molecule has 0 saturated carbocycles. The van der Waals surface area contributed by atoms with Crippen LogP contribution >= 0.6 is 11.6 Å². The van der Waals surface area contributed by atoms with Crippen LogP contribution in [0, 0.1) is 10.1 Å². The normalized spacial score (nSPS) is 10.7. The lowest BCUT2D eigenvalue weighted by Crippen LogP contribution is -2.04. The number of ether oxygens (including phenoxy) is 1. The maximum Gasteiger partial charge on any atom is 0.288 e. The van der Waals surface area contributed by atoms with Gasteiger partial charge in [0.25, 0.3) is 5.69 Å². The number of halogens is 1. The predicted molar refractivity (Wildman–Crippen MR) is 78.7 cm³/mol. The molecule has 2 rings (SSSR count). The van der Waals surface area contributed by atoms with Crippen molar-refractivity contribution in [2.75, 3.05) is 5.73 Å². The van der Waals surface area contributed by atoms with Gasteiger partial charge in [0.05, 0.1) is 10.5 Å². The molecule has 7 nitrogen and oxygen atoms in total. The van der Waals surface area contributed by atoms with Crippen molar-refractivity contribution in [3.63, 3.8) is 0 Å². The molecular formula is C13H13ClN4O3. The van der Waals surface area contributed by atoms with Crippen molar-refractivity contribution in [1.82, 2.24) is 9.97 Å². The molecule has 1 aromatic heterocycles. The Labute approximate surface area is 125 Å². The van der Waals surface area contributed by atoms with Crippen molar-refractivity contribution < 1.29 is 9.66 Å². The highest BCUT2D eigenvalue weighted by Crippen LogP contribution is 2.34. The van der Waals surface area contributed by atoms with Crippen molar-refractivity contribution in [3.05, 3.63) is 45.2 Å². The molecule has 0 bridgehead atoms. The fourth-order valence-corrected chi connectivity index (χ4v) is 2.07. The number of nitrogens with two attached hydrogens (primary N) is 1. The van der Waals surface area contributed by atoms with E-state index in [1.807, 2.05) is 13.8 Å². The molecule has 0 atom stereocenters. The van der Waals surface area contributed by atoms with Crippen LogP contribution in [0.5, 0.6) is 11.6 Å². The van der Waals surface area contributed by atoms with E-state index in [-0.39, 0.29) is 16.6 Å². The number of nitro groups is 1. The average molecular weight is 309 g/mol. The molecule has 0 saturated heterocycles. The van der Waals surface area contributed by atoms with E-state index in [0.29, 0.717) is 23.0 Å². The minimum Gasteiger partial charge on any atom is -0.438 e. The van der Waals surface area contributed by atoms with Gasteiger partial charge in [0.15, 0.2) is 0 Å². The lowest BCUT2D eigenvalue weighted by molar-refractivity contribution is -0.384. The Hall–Kier alpha value is -2.41. The van der Waals surface area contributed by atoms with E-state index in [2.05, 4.69) is 9.97 Å². The molecule has 1 heterocycles. The summed E-state index contributed by atoms with van der Waals surface area (Å²) in [6, 6.07) is 4.09. The average Bonchev–Trinajstić information content (AvgIpc) is 2.37. The molecule has 0 amide bonds. The van der Waals surface area contributed by atoms with Gasteiger partial charge in [-0.2, -0.15) is 0 Å². The molecule has 1 aromatic carbocycles. The molecular weight excluding hydrogens is 296 g/mol. The summed E-state index contributed by atoms with van der Waals surface area (Å²) >= 11 is 5.85. The third kappa shape index (κ3) is 3.19. The van der Waals surface area contributed by atoms with Crippen LogP contribution in [0.15, 0.2) is 24.5 Å². The summed E-state index contributed by atoms with van der Waals surface area (Å²) in [6.45, 7) is 3.87. The monoisotopic (exact) mass is 308 g/mol. The fourth-order valence-electron chi connectivity index (χ4n) is 1.83. The second-order valence-electron chi connectivity index (χ2n) is 4.60. The van der Waals surface area contributed by atoms with Gasteiger partial charge in [-0.25, -0.2) is 9.97 Å². The number of rotatable bonds is 4. The smallest absolute Gasteiger partial charge is 0.288 e. The second-order valence-corrected chi connectivity index (χ2v) is 5.01. The van der Waals surface area contributed by atoms with Gasteiger partial charge in [-0.1, -0.05) is 25.4 Å². The van der Waals surface area contributed by atoms with E-state index >= 15 is 0 Å². The number of aromatic nitrogens is 2. The van der Waals surface area contributed by atoms with Crippen LogP contribution in [0.25, 0.3) is 0 Å². The first-order valence-electron chi connectivity index (χ1n) is 6.12. The lowest BCUT2D eigenvalue weighted by Gasteiger charge is -2.13. The summed E-state index contributed by atoms with van der Waals surface area (Å²) in [4.78, 5) is 18.1. The number of nitrogen functional groups attached to an aromatic ring is 1. The van der Waals surface area contributed by atoms with Gasteiger partial charge >= 0.3 is 0 Å². The molecule has 2 N–H and O–H groups in total. The zero-order valence-corrected chi connectivity index (χ0v) is 12.2. The molecule has 0 radical (unpaired) electrons. The molecule has 0 spiro atoms. The van der Waals surface area contributed by atoms with E-state index in [1.54, 1.807) is 0 Å². The Balaban J connectivity index is 2.37. The molecule has 8 heteroatoms. The maximum absolute atomic E-state index is 10.7. The van der Waals surface area contributed by atoms with Gasteiger partial charge in [-0.05, 0) is 12.0 Å². The summed E-state index contributed by atoms with van der Waals surface area (Å²) < 4.78 is 5.63. The van der Waals surface area contributed by atoms with Crippen molar-refractivity contribution in [3.8, 4) is 11.6 Å². The summed E-state index contributed by atoms with van der Waals surface area (Å²) in [5, 5.41) is 10.7. The van der Waals surface area contributed by atoms with Crippen molar-refractivity contribution in [2.24, 2.45) is 0 Å². The minimum atomic E-state index is -0.561. The first kappa shape index (κ1) is 15.0. The second kappa shape index (κ2) is 5.92. The molecule has 0 unspecified atom stereocenters. The van der Waals surface area contributed by atoms with Gasteiger partial charge in [0, 0.05) is 12.1 Å². The van der Waals surface area contributed by atoms with E-state index in [9.17, 15) is 10.1 Å². The molecule has 110 valence electrons. The summed E-state index contributed by atoms with van der Waals surface area (Å²) in [5.41, 5.74) is 6.31. The Bertz CT molecular complexity index is 691. The van der Waals surface area contributed by atoms with Crippen LogP contribution in [0.1, 0.15) is 25.3 Å². The minimum absolute atomic E-state index is 0.00868. The third-order valence-corrected chi connectivity index (χ3v) is 3.09. The first-order valence-corrected chi connectivity index (χ1v) is 6.50. The summed E-state index contributed by atoms with van der Waals surface area (Å²) in [5.74, 6) is 1.05. The van der Waals surface area contributed by atoms with Gasteiger partial charge in [-0.3, -0.25) is 10.1 Å². The van der Waals surface area contributed by atoms with Gasteiger partial charge in [0.2, 0.25) is 5.88 Å².